The number of Topliss-reactive ketones (excluding diaryl/α,β-unsaturated/α-hetero) is 2. The first kappa shape index (κ1) is 38.5. The minimum Gasteiger partial charge on any atom is -0.493 e. The second kappa shape index (κ2) is 16.7. The van der Waals surface area contributed by atoms with Crippen molar-refractivity contribution in [2.24, 2.45) is 0 Å². The number of nitrogens with zero attached hydrogens (tertiary/aromatic N) is 2. The van der Waals surface area contributed by atoms with E-state index in [9.17, 15) is 24.0 Å². The van der Waals surface area contributed by atoms with Crippen LogP contribution in [0.25, 0.3) is 11.1 Å². The number of hydrogen-bond acceptors (Lipinski definition) is 14. The highest BCUT2D eigenvalue weighted by atomic mass is 16.6. The first-order valence-corrected chi connectivity index (χ1v) is 17.2. The molecule has 2 amide bonds. The van der Waals surface area contributed by atoms with E-state index in [0.29, 0.717) is 49.2 Å². The molecule has 2 saturated heterocycles. The van der Waals surface area contributed by atoms with Crippen molar-refractivity contribution in [1.82, 2.24) is 25.8 Å². The molecule has 3 N–H and O–H groups in total. The molecule has 6 rings (SSSR count). The molecule has 0 bridgehead atoms. The number of rotatable bonds is 11. The zero-order chi connectivity index (χ0) is 38.4. The Labute approximate surface area is 307 Å². The first-order chi connectivity index (χ1) is 25.6. The number of amides is 2. The summed E-state index contributed by atoms with van der Waals surface area (Å²) < 4.78 is 31.7. The summed E-state index contributed by atoms with van der Waals surface area (Å²) in [6, 6.07) is 7.29. The van der Waals surface area contributed by atoms with Gasteiger partial charge in [-0.15, -0.1) is 0 Å². The molecule has 2 heterocycles. The quantitative estimate of drug-likeness (QED) is 0.226. The van der Waals surface area contributed by atoms with Crippen LogP contribution in [0.4, 0.5) is 9.59 Å². The zero-order valence-corrected chi connectivity index (χ0v) is 30.9. The smallest absolute Gasteiger partial charge is 0.411 e. The van der Waals surface area contributed by atoms with Crippen LogP contribution in [0, 0.1) is 0 Å². The van der Waals surface area contributed by atoms with Crippen LogP contribution in [0.3, 0.4) is 0 Å². The summed E-state index contributed by atoms with van der Waals surface area (Å²) in [5, 5.41) is 8.09. The van der Waals surface area contributed by atoms with E-state index in [1.54, 1.807) is 57.1 Å². The van der Waals surface area contributed by atoms with Crippen LogP contribution >= 0.6 is 0 Å². The lowest BCUT2D eigenvalue weighted by Gasteiger charge is -2.25. The SMILES string of the molecule is CCOC(=O)NC1=C(N2CC2)C(=O)C(NC(=O)OCC)=C(N2CC2)C1=O.CNC1CCc2cc(OC)c(OC)c(OC)c2-c2ccc(OC)c(=O)cc21. The number of benzene rings is 1. The average molecular weight is 736 g/mol. The Morgan fingerprint density at radius 1 is 0.736 bits per heavy atom. The third-order valence-electron chi connectivity index (χ3n) is 8.96. The average Bonchev–Trinajstić information content (AvgIpc) is 4.06. The van der Waals surface area contributed by atoms with Crippen LogP contribution < -0.4 is 40.3 Å². The maximum atomic E-state index is 13.0. The molecule has 4 aliphatic rings. The van der Waals surface area contributed by atoms with Crippen LogP contribution in [0.15, 0.2) is 51.8 Å². The highest BCUT2D eigenvalue weighted by molar-refractivity contribution is 6.26. The van der Waals surface area contributed by atoms with Gasteiger partial charge in [0.05, 0.1) is 41.7 Å². The van der Waals surface area contributed by atoms with Gasteiger partial charge in [-0.25, -0.2) is 9.59 Å². The number of carbonyl (C=O) groups is 4. The fraction of sp³-hybridized carbons (Fsp3) is 0.432. The predicted molar refractivity (Wildman–Crippen MR) is 192 cm³/mol. The van der Waals surface area contributed by atoms with E-state index in [0.717, 1.165) is 35.1 Å². The minimum atomic E-state index is -0.810. The van der Waals surface area contributed by atoms with Gasteiger partial charge < -0.3 is 43.5 Å². The molecule has 2 aliphatic carbocycles. The van der Waals surface area contributed by atoms with Crippen molar-refractivity contribution in [1.29, 1.82) is 0 Å². The summed E-state index contributed by atoms with van der Waals surface area (Å²) >= 11 is 0. The summed E-state index contributed by atoms with van der Waals surface area (Å²) in [6.07, 6.45) is 0.0206. The molecule has 16 heteroatoms. The molecule has 0 spiro atoms. The van der Waals surface area contributed by atoms with E-state index < -0.39 is 23.8 Å². The van der Waals surface area contributed by atoms with E-state index in [-0.39, 0.29) is 47.5 Å². The molecule has 1 atom stereocenters. The molecule has 0 radical (unpaired) electrons. The third-order valence-corrected chi connectivity index (χ3v) is 8.96. The molecule has 2 aromatic carbocycles. The molecule has 0 aromatic heterocycles. The molecular formula is C37H45N5O11. The van der Waals surface area contributed by atoms with Gasteiger partial charge in [0.25, 0.3) is 0 Å². The largest absolute Gasteiger partial charge is 0.493 e. The highest BCUT2D eigenvalue weighted by Crippen LogP contribution is 2.50. The Morgan fingerprint density at radius 2 is 1.26 bits per heavy atom. The molecule has 0 saturated carbocycles. The van der Waals surface area contributed by atoms with E-state index >= 15 is 0 Å². The molecule has 2 aromatic rings. The summed E-state index contributed by atoms with van der Waals surface area (Å²) in [5.41, 5.74) is 3.55. The van der Waals surface area contributed by atoms with Crippen molar-refractivity contribution < 1.29 is 47.6 Å². The van der Waals surface area contributed by atoms with Crippen LogP contribution in [-0.4, -0.2) is 108 Å². The van der Waals surface area contributed by atoms with Gasteiger partial charge >= 0.3 is 12.2 Å². The van der Waals surface area contributed by atoms with E-state index in [1.807, 2.05) is 19.2 Å². The lowest BCUT2D eigenvalue weighted by Crippen LogP contribution is -2.43. The second-order valence-electron chi connectivity index (χ2n) is 12.1. The van der Waals surface area contributed by atoms with Crippen molar-refractivity contribution in [2.75, 3.05) is 74.9 Å². The zero-order valence-electron chi connectivity index (χ0n) is 30.9. The summed E-state index contributed by atoms with van der Waals surface area (Å²) in [6.45, 7) is 5.84. The fourth-order valence-corrected chi connectivity index (χ4v) is 6.37. The Bertz CT molecular complexity index is 1860. The summed E-state index contributed by atoms with van der Waals surface area (Å²) in [7, 11) is 8.21. The first-order valence-electron chi connectivity index (χ1n) is 17.2. The number of carbonyl (C=O) groups excluding carboxylic acids is 4. The summed E-state index contributed by atoms with van der Waals surface area (Å²) in [4.78, 5) is 65.5. The molecule has 2 fully saturated rings. The monoisotopic (exact) mass is 735 g/mol. The fourth-order valence-electron chi connectivity index (χ4n) is 6.37. The number of hydrogen-bond donors (Lipinski definition) is 3. The minimum absolute atomic E-state index is 0.0268. The van der Waals surface area contributed by atoms with Crippen LogP contribution in [0.1, 0.15) is 37.4 Å². The van der Waals surface area contributed by atoms with Gasteiger partial charge in [-0.3, -0.25) is 25.0 Å². The number of methoxy groups -OCH3 is 4. The Morgan fingerprint density at radius 3 is 1.70 bits per heavy atom. The van der Waals surface area contributed by atoms with Crippen molar-refractivity contribution in [3.63, 3.8) is 0 Å². The highest BCUT2D eigenvalue weighted by Gasteiger charge is 2.45. The van der Waals surface area contributed by atoms with Gasteiger partial charge in [-0.1, -0.05) is 6.07 Å². The summed E-state index contributed by atoms with van der Waals surface area (Å²) in [5.74, 6) is 0.988. The number of ketones is 2. The van der Waals surface area contributed by atoms with Gasteiger partial charge in [0, 0.05) is 37.8 Å². The molecule has 53 heavy (non-hydrogen) atoms. The number of fused-ring (bicyclic) bond motifs is 3. The van der Waals surface area contributed by atoms with E-state index in [2.05, 4.69) is 16.0 Å². The standard InChI is InChI=1S/C21H25NO5.C16H20N4O6/c1-22-15-8-6-12-10-18(25-3)20(26-4)21(27-5)19(12)13-7-9-17(24-2)16(23)11-14(13)15;1-3-25-15(23)17-9-11(19-5-6-19)14(22)10(18-16(24)26-4-2)12(13(9)21)20-7-8-20/h7,9-11,15,22H,6,8H2,1-5H3;3-8H2,1-2H3,(H,17,23)(H,18,24). The topological polar surface area (TPSA) is 183 Å². The van der Waals surface area contributed by atoms with Crippen molar-refractivity contribution in [2.45, 2.75) is 32.7 Å². The van der Waals surface area contributed by atoms with E-state index in [1.165, 1.54) is 7.11 Å². The molecule has 2 aliphatic heterocycles. The number of ether oxygens (including phenoxy) is 6. The Hall–Kier alpha value is -5.77. The van der Waals surface area contributed by atoms with Gasteiger partial charge in [0.1, 0.15) is 22.8 Å². The maximum Gasteiger partial charge on any atom is 0.411 e. The van der Waals surface area contributed by atoms with Crippen molar-refractivity contribution >= 4 is 23.8 Å². The molecule has 16 nitrogen and oxygen atoms in total. The second-order valence-corrected chi connectivity index (χ2v) is 12.1. The van der Waals surface area contributed by atoms with Crippen molar-refractivity contribution in [3.8, 4) is 34.1 Å². The van der Waals surface area contributed by atoms with Crippen LogP contribution in [0.2, 0.25) is 0 Å². The lowest BCUT2D eigenvalue weighted by molar-refractivity contribution is -0.118. The van der Waals surface area contributed by atoms with Crippen LogP contribution in [-0.2, 0) is 25.5 Å². The normalized spacial score (nSPS) is 17.0. The molecule has 1 unspecified atom stereocenters. The molecular weight excluding hydrogens is 690 g/mol. The van der Waals surface area contributed by atoms with E-state index in [4.69, 9.17) is 28.4 Å². The Balaban J connectivity index is 0.000000204. The van der Waals surface area contributed by atoms with Gasteiger partial charge in [0.2, 0.25) is 22.7 Å². The number of alkyl carbamates (subject to hydrolysis) is 2. The van der Waals surface area contributed by atoms with Gasteiger partial charge in [0.15, 0.2) is 17.2 Å². The van der Waals surface area contributed by atoms with Gasteiger partial charge in [-0.05, 0) is 68.6 Å². The Kier molecular flexibility index (Phi) is 12.1. The lowest BCUT2D eigenvalue weighted by atomic mass is 9.95. The number of nitrogens with one attached hydrogen (secondary N) is 3. The maximum absolute atomic E-state index is 13.0. The predicted octanol–water partition coefficient (Wildman–Crippen LogP) is 2.64. The van der Waals surface area contributed by atoms with Crippen molar-refractivity contribution in [3.05, 3.63) is 68.4 Å². The molecule has 284 valence electrons. The number of aryl methyl sites for hydroxylation is 1. The van der Waals surface area contributed by atoms with Crippen LogP contribution in [0.5, 0.6) is 23.0 Å². The van der Waals surface area contributed by atoms with Gasteiger partial charge in [-0.2, -0.15) is 0 Å². The third kappa shape index (κ3) is 8.01.